The first-order valence-corrected chi connectivity index (χ1v) is 6.79. The average molecular weight is 249 g/mol. The van der Waals surface area contributed by atoms with Crippen LogP contribution in [0, 0.1) is 0 Å². The maximum atomic E-state index is 11.9. The molecule has 1 aliphatic heterocycles. The third-order valence-electron chi connectivity index (χ3n) is 3.85. The van der Waals surface area contributed by atoms with Crippen LogP contribution in [0.5, 0.6) is 0 Å². The van der Waals surface area contributed by atoms with Crippen molar-refractivity contribution in [3.05, 3.63) is 17.0 Å². The van der Waals surface area contributed by atoms with Gasteiger partial charge < -0.3 is 10.1 Å². The molecule has 1 aromatic rings. The van der Waals surface area contributed by atoms with Crippen LogP contribution in [0.4, 0.5) is 0 Å². The summed E-state index contributed by atoms with van der Waals surface area (Å²) in [5.41, 5.74) is 2.80. The van der Waals surface area contributed by atoms with Crippen molar-refractivity contribution >= 4 is 5.97 Å². The van der Waals surface area contributed by atoms with E-state index in [0.29, 0.717) is 18.3 Å². The Morgan fingerprint density at radius 2 is 2.39 bits per heavy atom. The van der Waals surface area contributed by atoms with Gasteiger partial charge in [0.25, 0.3) is 0 Å². The maximum Gasteiger partial charge on any atom is 0.359 e. The number of esters is 1. The summed E-state index contributed by atoms with van der Waals surface area (Å²) in [6.45, 7) is 3.92. The van der Waals surface area contributed by atoms with E-state index in [4.69, 9.17) is 4.74 Å². The Labute approximate surface area is 107 Å². The maximum absolute atomic E-state index is 11.9. The summed E-state index contributed by atoms with van der Waals surface area (Å²) in [6, 6.07) is 0.500. The molecule has 2 heterocycles. The van der Waals surface area contributed by atoms with Gasteiger partial charge >= 0.3 is 5.97 Å². The number of nitrogens with one attached hydrogen (secondary N) is 1. The molecule has 2 aliphatic rings. The Bertz CT molecular complexity index is 463. The van der Waals surface area contributed by atoms with E-state index in [0.717, 1.165) is 25.1 Å². The molecule has 5 nitrogen and oxygen atoms in total. The Kier molecular flexibility index (Phi) is 3.07. The Hall–Kier alpha value is -1.36. The number of ether oxygens (including phenoxy) is 1. The minimum absolute atomic E-state index is 0.282. The largest absolute Gasteiger partial charge is 0.461 e. The van der Waals surface area contributed by atoms with Gasteiger partial charge in [-0.05, 0) is 26.2 Å². The predicted molar refractivity (Wildman–Crippen MR) is 66.5 cm³/mol. The fraction of sp³-hybridized carbons (Fsp3) is 0.692. The van der Waals surface area contributed by atoms with Crippen molar-refractivity contribution in [1.29, 1.82) is 0 Å². The molecule has 18 heavy (non-hydrogen) atoms. The van der Waals surface area contributed by atoms with Gasteiger partial charge in [0.2, 0.25) is 0 Å². The Morgan fingerprint density at radius 1 is 1.56 bits per heavy atom. The van der Waals surface area contributed by atoms with Crippen LogP contribution in [0.2, 0.25) is 0 Å². The molecule has 0 spiro atoms. The molecular weight excluding hydrogens is 230 g/mol. The van der Waals surface area contributed by atoms with Gasteiger partial charge in [-0.2, -0.15) is 5.10 Å². The summed E-state index contributed by atoms with van der Waals surface area (Å²) in [5, 5.41) is 7.84. The predicted octanol–water partition coefficient (Wildman–Crippen LogP) is 1.43. The number of fused-ring (bicyclic) bond motifs is 1. The summed E-state index contributed by atoms with van der Waals surface area (Å²) in [7, 11) is 0. The van der Waals surface area contributed by atoms with Crippen LogP contribution in [-0.2, 0) is 17.7 Å². The van der Waals surface area contributed by atoms with E-state index >= 15 is 0 Å². The van der Waals surface area contributed by atoms with Crippen molar-refractivity contribution in [3.63, 3.8) is 0 Å². The highest BCUT2D eigenvalue weighted by atomic mass is 16.5. The summed E-state index contributed by atoms with van der Waals surface area (Å²) in [5.74, 6) is -0.282. The normalized spacial score (nSPS) is 19.2. The van der Waals surface area contributed by atoms with Gasteiger partial charge in [-0.15, -0.1) is 0 Å². The molecule has 3 rings (SSSR count). The second-order valence-electron chi connectivity index (χ2n) is 4.95. The molecule has 1 aliphatic carbocycles. The summed E-state index contributed by atoms with van der Waals surface area (Å²) >= 11 is 0. The molecule has 0 aromatic carbocycles. The summed E-state index contributed by atoms with van der Waals surface area (Å²) in [6.07, 6.45) is 4.60. The number of rotatable bonds is 3. The van der Waals surface area contributed by atoms with Gasteiger partial charge in [0.05, 0.1) is 12.6 Å². The second kappa shape index (κ2) is 4.72. The molecule has 0 amide bonds. The van der Waals surface area contributed by atoms with Crippen molar-refractivity contribution in [1.82, 2.24) is 15.1 Å². The number of hydrogen-bond acceptors (Lipinski definition) is 4. The van der Waals surface area contributed by atoms with Crippen LogP contribution in [0.15, 0.2) is 0 Å². The highest BCUT2D eigenvalue weighted by molar-refractivity contribution is 5.89. The van der Waals surface area contributed by atoms with Crippen molar-refractivity contribution in [2.75, 3.05) is 13.2 Å². The summed E-state index contributed by atoms with van der Waals surface area (Å²) < 4.78 is 7.19. The zero-order valence-corrected chi connectivity index (χ0v) is 10.7. The highest BCUT2D eigenvalue weighted by Crippen LogP contribution is 2.34. The van der Waals surface area contributed by atoms with E-state index in [9.17, 15) is 4.79 Å². The van der Waals surface area contributed by atoms with Gasteiger partial charge in [0.1, 0.15) is 0 Å². The molecule has 0 radical (unpaired) electrons. The smallest absolute Gasteiger partial charge is 0.359 e. The first-order valence-electron chi connectivity index (χ1n) is 6.79. The zero-order valence-electron chi connectivity index (χ0n) is 10.7. The lowest BCUT2D eigenvalue weighted by Crippen LogP contribution is -2.28. The van der Waals surface area contributed by atoms with Crippen molar-refractivity contribution in [2.24, 2.45) is 0 Å². The quantitative estimate of drug-likeness (QED) is 0.823. The first kappa shape index (κ1) is 11.7. The molecular formula is C13H19N3O2. The SMILES string of the molecule is CCOC(=O)c1nn(C2CCC2)c2c1CNCC2. The standard InChI is InChI=1S/C13H19N3O2/c1-2-18-13(17)12-10-8-14-7-6-11(10)16(15-12)9-4-3-5-9/h9,14H,2-8H2,1H3. The molecule has 1 saturated carbocycles. The molecule has 0 atom stereocenters. The van der Waals surface area contributed by atoms with Crippen LogP contribution >= 0.6 is 0 Å². The van der Waals surface area contributed by atoms with E-state index in [2.05, 4.69) is 15.1 Å². The number of aromatic nitrogens is 2. The fourth-order valence-corrected chi connectivity index (χ4v) is 2.67. The monoisotopic (exact) mass is 249 g/mol. The van der Waals surface area contributed by atoms with Crippen molar-refractivity contribution < 1.29 is 9.53 Å². The highest BCUT2D eigenvalue weighted by Gasteiger charge is 2.30. The Morgan fingerprint density at radius 3 is 3.06 bits per heavy atom. The molecule has 1 N–H and O–H groups in total. The van der Waals surface area contributed by atoms with E-state index in [1.54, 1.807) is 0 Å². The van der Waals surface area contributed by atoms with Gasteiger partial charge in [-0.25, -0.2) is 4.79 Å². The first-order chi connectivity index (χ1) is 8.81. The van der Waals surface area contributed by atoms with Crippen molar-refractivity contribution in [2.45, 2.75) is 45.2 Å². The second-order valence-corrected chi connectivity index (χ2v) is 4.95. The molecule has 0 bridgehead atoms. The van der Waals surface area contributed by atoms with E-state index in [-0.39, 0.29) is 5.97 Å². The van der Waals surface area contributed by atoms with Crippen molar-refractivity contribution in [3.8, 4) is 0 Å². The lowest BCUT2D eigenvalue weighted by Gasteiger charge is -2.28. The molecule has 98 valence electrons. The molecule has 1 aromatic heterocycles. The third-order valence-corrected chi connectivity index (χ3v) is 3.85. The van der Waals surface area contributed by atoms with Crippen LogP contribution in [-0.4, -0.2) is 28.9 Å². The number of carbonyl (C=O) groups is 1. The minimum atomic E-state index is -0.282. The van der Waals surface area contributed by atoms with Crippen LogP contribution in [0.25, 0.3) is 0 Å². The van der Waals surface area contributed by atoms with Gasteiger partial charge in [0.15, 0.2) is 5.69 Å². The van der Waals surface area contributed by atoms with E-state index in [1.807, 2.05) is 6.92 Å². The zero-order chi connectivity index (χ0) is 12.5. The molecule has 0 unspecified atom stereocenters. The molecule has 5 heteroatoms. The fourth-order valence-electron chi connectivity index (χ4n) is 2.67. The molecule has 0 saturated heterocycles. The average Bonchev–Trinajstić information content (AvgIpc) is 2.68. The van der Waals surface area contributed by atoms with Gasteiger partial charge in [-0.3, -0.25) is 4.68 Å². The number of nitrogens with zero attached hydrogens (tertiary/aromatic N) is 2. The number of carbonyl (C=O) groups excluding carboxylic acids is 1. The third kappa shape index (κ3) is 1.82. The van der Waals surface area contributed by atoms with Gasteiger partial charge in [0, 0.05) is 30.8 Å². The lowest BCUT2D eigenvalue weighted by molar-refractivity contribution is 0.0516. The van der Waals surface area contributed by atoms with E-state index in [1.165, 1.54) is 25.0 Å². The lowest BCUT2D eigenvalue weighted by atomic mass is 9.92. The van der Waals surface area contributed by atoms with Crippen LogP contribution in [0.3, 0.4) is 0 Å². The summed E-state index contributed by atoms with van der Waals surface area (Å²) in [4.78, 5) is 11.9. The minimum Gasteiger partial charge on any atom is -0.461 e. The Balaban J connectivity index is 1.97. The van der Waals surface area contributed by atoms with Crippen LogP contribution in [0.1, 0.15) is 54.0 Å². The number of hydrogen-bond donors (Lipinski definition) is 1. The molecule has 1 fully saturated rings. The van der Waals surface area contributed by atoms with Gasteiger partial charge in [-0.1, -0.05) is 0 Å². The van der Waals surface area contributed by atoms with Crippen LogP contribution < -0.4 is 5.32 Å². The topological polar surface area (TPSA) is 56.1 Å². The van der Waals surface area contributed by atoms with E-state index < -0.39 is 0 Å².